The highest BCUT2D eigenvalue weighted by molar-refractivity contribution is 6.11. The molecule has 0 saturated carbocycles. The van der Waals surface area contributed by atoms with Crippen LogP contribution in [0, 0.1) is 0 Å². The quantitative estimate of drug-likeness (QED) is 0.118. The van der Waals surface area contributed by atoms with Crippen LogP contribution in [-0.4, -0.2) is 21.8 Å². The Morgan fingerprint density at radius 2 is 0.685 bits per heavy atom. The largest absolute Gasteiger partial charge is 0.354 e. The SMILES string of the molecule is O=C(Nc1cccc(NC(=O)c2ccc(Nc3c4ccccc4nc4ccccc34)cc2)c1)c1ccc(Nc2c3ccccc3nc3ccccc23)cc1. The molecule has 0 atom stereocenters. The number of benzene rings is 7. The number of carbonyl (C=O) groups is 2. The third kappa shape index (κ3) is 6.40. The summed E-state index contributed by atoms with van der Waals surface area (Å²) in [5.74, 6) is -0.523. The summed E-state index contributed by atoms with van der Waals surface area (Å²) >= 11 is 0. The number of hydrogen-bond acceptors (Lipinski definition) is 6. The van der Waals surface area contributed by atoms with Crippen LogP contribution in [0.1, 0.15) is 20.7 Å². The average Bonchev–Trinajstić information content (AvgIpc) is 3.21. The normalized spacial score (nSPS) is 11.1. The van der Waals surface area contributed by atoms with Crippen LogP contribution in [0.25, 0.3) is 43.6 Å². The van der Waals surface area contributed by atoms with Crippen molar-refractivity contribution in [3.63, 3.8) is 0 Å². The van der Waals surface area contributed by atoms with E-state index in [4.69, 9.17) is 9.97 Å². The molecular weight excluding hydrogens is 669 g/mol. The molecule has 8 heteroatoms. The lowest BCUT2D eigenvalue weighted by Crippen LogP contribution is -2.14. The number of aromatic nitrogens is 2. The van der Waals surface area contributed by atoms with Crippen molar-refractivity contribution in [3.05, 3.63) is 181 Å². The van der Waals surface area contributed by atoms with Gasteiger partial charge in [-0.3, -0.25) is 9.59 Å². The van der Waals surface area contributed by atoms with Gasteiger partial charge in [0.2, 0.25) is 0 Å². The lowest BCUT2D eigenvalue weighted by molar-refractivity contribution is 0.101. The topological polar surface area (TPSA) is 108 Å². The summed E-state index contributed by atoms with van der Waals surface area (Å²) in [4.78, 5) is 36.1. The maximum atomic E-state index is 13.3. The number of anilines is 6. The van der Waals surface area contributed by atoms with E-state index in [1.54, 1.807) is 48.5 Å². The summed E-state index contributed by atoms with van der Waals surface area (Å²) in [7, 11) is 0. The van der Waals surface area contributed by atoms with Gasteiger partial charge in [0, 0.05) is 55.4 Å². The molecule has 0 bridgehead atoms. The number of nitrogens with one attached hydrogen (secondary N) is 4. The third-order valence-electron chi connectivity index (χ3n) is 9.39. The van der Waals surface area contributed by atoms with E-state index in [1.807, 2.05) is 97.1 Å². The predicted octanol–water partition coefficient (Wildman–Crippen LogP) is 11.1. The third-order valence-corrected chi connectivity index (χ3v) is 9.39. The van der Waals surface area contributed by atoms with Gasteiger partial charge in [-0.15, -0.1) is 0 Å². The van der Waals surface area contributed by atoms with Crippen LogP contribution < -0.4 is 21.3 Å². The Hall–Kier alpha value is -7.58. The van der Waals surface area contributed by atoms with Crippen LogP contribution in [0.4, 0.5) is 34.1 Å². The first kappa shape index (κ1) is 32.3. The minimum Gasteiger partial charge on any atom is -0.354 e. The van der Waals surface area contributed by atoms with Crippen LogP contribution in [0.15, 0.2) is 170 Å². The Labute approximate surface area is 310 Å². The van der Waals surface area contributed by atoms with Crippen molar-refractivity contribution in [1.29, 1.82) is 0 Å². The molecule has 0 aliphatic carbocycles. The first-order valence-corrected chi connectivity index (χ1v) is 17.6. The van der Waals surface area contributed by atoms with E-state index in [-0.39, 0.29) is 11.8 Å². The van der Waals surface area contributed by atoms with Crippen LogP contribution in [0.2, 0.25) is 0 Å². The minimum atomic E-state index is -0.261. The van der Waals surface area contributed by atoms with Gasteiger partial charge in [0.05, 0.1) is 33.4 Å². The van der Waals surface area contributed by atoms with E-state index in [9.17, 15) is 9.59 Å². The standard InChI is InChI=1S/C46H32N6O2/c53-45(29-20-24-31(25-21-29)47-43-35-12-1-5-16-39(35)51-40-17-6-2-13-36(40)43)49-33-10-9-11-34(28-33)50-46(54)30-22-26-32(27-23-30)48-44-37-14-3-7-18-41(37)52-42-19-8-4-15-38(42)44/h1-28H,(H,47,51)(H,48,52)(H,49,53)(H,50,54). The number of rotatable bonds is 8. The van der Waals surface area contributed by atoms with E-state index < -0.39 is 0 Å². The minimum absolute atomic E-state index is 0.261. The summed E-state index contributed by atoms with van der Waals surface area (Å²) in [6.07, 6.45) is 0. The lowest BCUT2D eigenvalue weighted by atomic mass is 10.1. The molecule has 9 rings (SSSR count). The van der Waals surface area contributed by atoms with E-state index >= 15 is 0 Å². The van der Waals surface area contributed by atoms with E-state index in [1.165, 1.54) is 0 Å². The summed E-state index contributed by atoms with van der Waals surface area (Å²) in [5, 5.41) is 17.1. The molecule has 2 aromatic heterocycles. The number of fused-ring (bicyclic) bond motifs is 4. The average molecular weight is 701 g/mol. The summed E-state index contributed by atoms with van der Waals surface area (Å²) in [6.45, 7) is 0. The first-order chi connectivity index (χ1) is 26.6. The van der Waals surface area contributed by atoms with E-state index in [0.29, 0.717) is 22.5 Å². The second-order valence-electron chi connectivity index (χ2n) is 12.9. The highest BCUT2D eigenvalue weighted by Gasteiger charge is 2.13. The summed E-state index contributed by atoms with van der Waals surface area (Å²) in [6, 6.07) is 53.9. The Morgan fingerprint density at radius 3 is 1.04 bits per heavy atom. The van der Waals surface area contributed by atoms with Gasteiger partial charge < -0.3 is 21.3 Å². The fraction of sp³-hybridized carbons (Fsp3) is 0. The Morgan fingerprint density at radius 1 is 0.352 bits per heavy atom. The Bertz CT molecular complexity index is 2570. The molecule has 54 heavy (non-hydrogen) atoms. The van der Waals surface area contributed by atoms with Crippen LogP contribution in [-0.2, 0) is 0 Å². The van der Waals surface area contributed by atoms with Crippen molar-refractivity contribution < 1.29 is 9.59 Å². The predicted molar refractivity (Wildman–Crippen MR) is 220 cm³/mol. The number of amides is 2. The van der Waals surface area contributed by atoms with Crippen LogP contribution in [0.3, 0.4) is 0 Å². The van der Waals surface area contributed by atoms with Gasteiger partial charge in [-0.1, -0.05) is 78.9 Å². The highest BCUT2D eigenvalue weighted by Crippen LogP contribution is 2.34. The number of hydrogen-bond donors (Lipinski definition) is 4. The highest BCUT2D eigenvalue weighted by atomic mass is 16.2. The van der Waals surface area contributed by atoms with Gasteiger partial charge in [-0.05, 0) is 91.0 Å². The molecule has 7 aromatic carbocycles. The van der Waals surface area contributed by atoms with Crippen LogP contribution in [0.5, 0.6) is 0 Å². The molecule has 0 unspecified atom stereocenters. The zero-order chi connectivity index (χ0) is 36.4. The molecule has 0 aliphatic rings. The van der Waals surface area contributed by atoms with Crippen molar-refractivity contribution in [3.8, 4) is 0 Å². The van der Waals surface area contributed by atoms with Crippen molar-refractivity contribution in [2.75, 3.05) is 21.3 Å². The fourth-order valence-electron chi connectivity index (χ4n) is 6.73. The molecule has 8 nitrogen and oxygen atoms in total. The molecule has 2 heterocycles. The zero-order valence-corrected chi connectivity index (χ0v) is 28.9. The maximum Gasteiger partial charge on any atom is 0.255 e. The van der Waals surface area contributed by atoms with Gasteiger partial charge in [-0.25, -0.2) is 9.97 Å². The molecule has 2 amide bonds. The van der Waals surface area contributed by atoms with Gasteiger partial charge in [-0.2, -0.15) is 0 Å². The number of carbonyl (C=O) groups excluding carboxylic acids is 2. The maximum absolute atomic E-state index is 13.3. The molecule has 9 aromatic rings. The van der Waals surface area contributed by atoms with Gasteiger partial charge in [0.15, 0.2) is 0 Å². The van der Waals surface area contributed by atoms with Gasteiger partial charge >= 0.3 is 0 Å². The Kier molecular flexibility index (Phi) is 8.30. The zero-order valence-electron chi connectivity index (χ0n) is 28.9. The molecule has 4 N–H and O–H groups in total. The van der Waals surface area contributed by atoms with Crippen molar-refractivity contribution >= 4 is 89.6 Å². The second-order valence-corrected chi connectivity index (χ2v) is 12.9. The number of pyridine rings is 2. The van der Waals surface area contributed by atoms with Crippen molar-refractivity contribution in [2.24, 2.45) is 0 Å². The van der Waals surface area contributed by atoms with Crippen molar-refractivity contribution in [1.82, 2.24) is 9.97 Å². The fourth-order valence-corrected chi connectivity index (χ4v) is 6.73. The monoisotopic (exact) mass is 700 g/mol. The summed E-state index contributed by atoms with van der Waals surface area (Å²) in [5.41, 5.74) is 9.37. The van der Waals surface area contributed by atoms with Crippen molar-refractivity contribution in [2.45, 2.75) is 0 Å². The smallest absolute Gasteiger partial charge is 0.255 e. The van der Waals surface area contributed by atoms with Gasteiger partial charge in [0.1, 0.15) is 0 Å². The molecule has 0 spiro atoms. The Balaban J connectivity index is 0.864. The van der Waals surface area contributed by atoms with Crippen LogP contribution >= 0.6 is 0 Å². The number of para-hydroxylation sites is 4. The van der Waals surface area contributed by atoms with E-state index in [0.717, 1.165) is 66.4 Å². The molecule has 0 aliphatic heterocycles. The molecule has 0 fully saturated rings. The molecule has 0 saturated heterocycles. The molecular formula is C46H32N6O2. The van der Waals surface area contributed by atoms with E-state index in [2.05, 4.69) is 45.5 Å². The molecule has 258 valence electrons. The number of nitrogens with zero attached hydrogens (tertiary/aromatic N) is 2. The lowest BCUT2D eigenvalue weighted by Gasteiger charge is -2.14. The summed E-state index contributed by atoms with van der Waals surface area (Å²) < 4.78 is 0. The first-order valence-electron chi connectivity index (χ1n) is 17.6. The van der Waals surface area contributed by atoms with Gasteiger partial charge in [0.25, 0.3) is 11.8 Å². The molecule has 0 radical (unpaired) electrons. The second kappa shape index (κ2) is 13.9.